The van der Waals surface area contributed by atoms with E-state index in [2.05, 4.69) is 4.98 Å². The average molecular weight is 298 g/mol. The predicted octanol–water partition coefficient (Wildman–Crippen LogP) is 4.33. The molecule has 1 amide bonds. The van der Waals surface area contributed by atoms with Crippen molar-refractivity contribution in [3.05, 3.63) is 59.9 Å². The summed E-state index contributed by atoms with van der Waals surface area (Å²) in [5.74, 6) is 0. The zero-order valence-electron chi connectivity index (χ0n) is 13.5. The van der Waals surface area contributed by atoms with Crippen molar-refractivity contribution in [2.24, 2.45) is 0 Å². The molecular weight excluding hydrogens is 276 g/mol. The van der Waals surface area contributed by atoms with Gasteiger partial charge in [0.05, 0.1) is 12.2 Å². The van der Waals surface area contributed by atoms with Gasteiger partial charge in [-0.1, -0.05) is 18.2 Å². The summed E-state index contributed by atoms with van der Waals surface area (Å²) < 4.78 is 5.53. The fraction of sp³-hybridized carbons (Fsp3) is 0.333. The van der Waals surface area contributed by atoms with Crippen molar-refractivity contribution in [2.75, 3.05) is 4.90 Å². The number of aryl methyl sites for hydroxylation is 1. The predicted molar refractivity (Wildman–Crippen MR) is 87.8 cm³/mol. The summed E-state index contributed by atoms with van der Waals surface area (Å²) in [5.41, 5.74) is 2.17. The van der Waals surface area contributed by atoms with Gasteiger partial charge in [0, 0.05) is 11.9 Å². The van der Waals surface area contributed by atoms with Gasteiger partial charge in [-0.15, -0.1) is 0 Å². The van der Waals surface area contributed by atoms with Gasteiger partial charge in [-0.25, -0.2) is 4.79 Å². The first kappa shape index (κ1) is 16.0. The minimum absolute atomic E-state index is 0.372. The smallest absolute Gasteiger partial charge is 0.415 e. The van der Waals surface area contributed by atoms with Gasteiger partial charge >= 0.3 is 6.09 Å². The molecule has 0 aliphatic carbocycles. The fourth-order valence-corrected chi connectivity index (χ4v) is 2.03. The first-order valence-corrected chi connectivity index (χ1v) is 7.32. The Morgan fingerprint density at radius 3 is 2.55 bits per heavy atom. The number of nitrogens with zero attached hydrogens (tertiary/aromatic N) is 2. The van der Waals surface area contributed by atoms with Crippen LogP contribution in [-0.2, 0) is 11.3 Å². The Kier molecular flexibility index (Phi) is 4.81. The minimum Gasteiger partial charge on any atom is -0.443 e. The number of hydrogen-bond acceptors (Lipinski definition) is 3. The maximum absolute atomic E-state index is 12.6. The van der Waals surface area contributed by atoms with Crippen LogP contribution in [0.5, 0.6) is 0 Å². The maximum Gasteiger partial charge on any atom is 0.415 e. The second-order valence-electron chi connectivity index (χ2n) is 6.23. The molecule has 0 spiro atoms. The normalized spacial score (nSPS) is 11.1. The molecular formula is C18H22N2O2. The van der Waals surface area contributed by atoms with Crippen LogP contribution in [0.3, 0.4) is 0 Å². The van der Waals surface area contributed by atoms with Crippen LogP contribution in [0.1, 0.15) is 32.0 Å². The number of aromatic nitrogens is 1. The Balaban J connectivity index is 2.30. The number of carbonyl (C=O) groups is 1. The van der Waals surface area contributed by atoms with E-state index in [0.29, 0.717) is 6.54 Å². The zero-order chi connectivity index (χ0) is 16.2. The molecule has 1 aromatic carbocycles. The number of hydrogen-bond donors (Lipinski definition) is 0. The van der Waals surface area contributed by atoms with Crippen LogP contribution in [0.4, 0.5) is 10.5 Å². The van der Waals surface area contributed by atoms with Crippen molar-refractivity contribution < 1.29 is 9.53 Å². The molecule has 0 aliphatic rings. The zero-order valence-corrected chi connectivity index (χ0v) is 13.5. The lowest BCUT2D eigenvalue weighted by atomic mass is 10.2. The van der Waals surface area contributed by atoms with Crippen LogP contribution < -0.4 is 4.90 Å². The topological polar surface area (TPSA) is 42.4 Å². The second-order valence-corrected chi connectivity index (χ2v) is 6.23. The van der Waals surface area contributed by atoms with Crippen LogP contribution >= 0.6 is 0 Å². The third-order valence-corrected chi connectivity index (χ3v) is 2.97. The number of ether oxygens (including phenoxy) is 1. The molecule has 0 aliphatic heterocycles. The van der Waals surface area contributed by atoms with E-state index in [1.54, 1.807) is 11.1 Å². The molecule has 0 bridgehead atoms. The van der Waals surface area contributed by atoms with Crippen molar-refractivity contribution in [1.29, 1.82) is 0 Å². The quantitative estimate of drug-likeness (QED) is 0.847. The van der Waals surface area contributed by atoms with Gasteiger partial charge in [-0.05, 0) is 57.5 Å². The van der Waals surface area contributed by atoms with E-state index in [9.17, 15) is 4.79 Å². The number of carbonyl (C=O) groups excluding carboxylic acids is 1. The summed E-state index contributed by atoms with van der Waals surface area (Å²) in [7, 11) is 0. The Hall–Kier alpha value is -2.36. The fourth-order valence-electron chi connectivity index (χ4n) is 2.03. The van der Waals surface area contributed by atoms with Gasteiger partial charge in [0.15, 0.2) is 0 Å². The number of anilines is 1. The third-order valence-electron chi connectivity index (χ3n) is 2.97. The molecule has 2 aromatic rings. The summed E-state index contributed by atoms with van der Waals surface area (Å²) in [6.07, 6.45) is 1.35. The standard InChI is InChI=1S/C18H22N2O2/c1-14-8-7-10-16(12-14)20(17(21)22-18(2,3)4)13-15-9-5-6-11-19-15/h5-12H,13H2,1-4H3. The average Bonchev–Trinajstić information content (AvgIpc) is 2.44. The number of benzene rings is 1. The highest BCUT2D eigenvalue weighted by atomic mass is 16.6. The first-order valence-electron chi connectivity index (χ1n) is 7.32. The van der Waals surface area contributed by atoms with Crippen LogP contribution in [0.2, 0.25) is 0 Å². The van der Waals surface area contributed by atoms with Gasteiger partial charge in [0.25, 0.3) is 0 Å². The Labute approximate surface area is 131 Å². The van der Waals surface area contributed by atoms with Crippen LogP contribution in [0.15, 0.2) is 48.7 Å². The molecule has 0 N–H and O–H groups in total. The number of pyridine rings is 1. The third kappa shape index (κ3) is 4.58. The molecule has 22 heavy (non-hydrogen) atoms. The molecule has 0 fully saturated rings. The van der Waals surface area contributed by atoms with Crippen molar-refractivity contribution in [3.8, 4) is 0 Å². The van der Waals surface area contributed by atoms with Crippen molar-refractivity contribution in [1.82, 2.24) is 4.98 Å². The van der Waals surface area contributed by atoms with E-state index in [0.717, 1.165) is 16.9 Å². The largest absolute Gasteiger partial charge is 0.443 e. The Morgan fingerprint density at radius 2 is 1.95 bits per heavy atom. The summed E-state index contributed by atoms with van der Waals surface area (Å²) in [6.45, 7) is 7.96. The van der Waals surface area contributed by atoms with Crippen molar-refractivity contribution >= 4 is 11.8 Å². The molecule has 0 saturated carbocycles. The Morgan fingerprint density at radius 1 is 1.18 bits per heavy atom. The molecule has 0 saturated heterocycles. The minimum atomic E-state index is -0.538. The van der Waals surface area contributed by atoms with Crippen molar-refractivity contribution in [3.63, 3.8) is 0 Å². The lowest BCUT2D eigenvalue weighted by Gasteiger charge is -2.27. The summed E-state index contributed by atoms with van der Waals surface area (Å²) in [5, 5.41) is 0. The van der Waals surface area contributed by atoms with Gasteiger partial charge in [-0.3, -0.25) is 9.88 Å². The lowest BCUT2D eigenvalue weighted by molar-refractivity contribution is 0.0577. The first-order chi connectivity index (χ1) is 10.3. The summed E-state index contributed by atoms with van der Waals surface area (Å²) in [4.78, 5) is 18.5. The molecule has 116 valence electrons. The molecule has 0 radical (unpaired) electrons. The number of amides is 1. The number of rotatable bonds is 3. The van der Waals surface area contributed by atoms with Gasteiger partial charge in [-0.2, -0.15) is 0 Å². The highest BCUT2D eigenvalue weighted by Crippen LogP contribution is 2.21. The highest BCUT2D eigenvalue weighted by Gasteiger charge is 2.24. The van der Waals surface area contributed by atoms with E-state index in [-0.39, 0.29) is 6.09 Å². The van der Waals surface area contributed by atoms with Crippen LogP contribution in [0, 0.1) is 6.92 Å². The molecule has 1 aromatic heterocycles. The summed E-state index contributed by atoms with van der Waals surface area (Å²) >= 11 is 0. The molecule has 0 atom stereocenters. The van der Waals surface area contributed by atoms with Gasteiger partial charge in [0.1, 0.15) is 5.60 Å². The monoisotopic (exact) mass is 298 g/mol. The second kappa shape index (κ2) is 6.60. The highest BCUT2D eigenvalue weighted by molar-refractivity contribution is 5.87. The Bertz CT molecular complexity index is 633. The molecule has 1 heterocycles. The molecule has 0 unspecified atom stereocenters. The van der Waals surface area contributed by atoms with E-state index >= 15 is 0 Å². The van der Waals surface area contributed by atoms with Gasteiger partial charge in [0.2, 0.25) is 0 Å². The van der Waals surface area contributed by atoms with Crippen LogP contribution in [-0.4, -0.2) is 16.7 Å². The van der Waals surface area contributed by atoms with E-state index in [4.69, 9.17) is 4.74 Å². The maximum atomic E-state index is 12.6. The summed E-state index contributed by atoms with van der Waals surface area (Å²) in [6, 6.07) is 13.5. The molecule has 4 nitrogen and oxygen atoms in total. The van der Waals surface area contributed by atoms with E-state index in [1.165, 1.54) is 0 Å². The van der Waals surface area contributed by atoms with E-state index < -0.39 is 5.60 Å². The van der Waals surface area contributed by atoms with E-state index in [1.807, 2.05) is 70.2 Å². The molecule has 4 heteroatoms. The van der Waals surface area contributed by atoms with Crippen molar-refractivity contribution in [2.45, 2.75) is 39.8 Å². The SMILES string of the molecule is Cc1cccc(N(Cc2ccccn2)C(=O)OC(C)(C)C)c1. The lowest BCUT2D eigenvalue weighted by Crippen LogP contribution is -2.36. The van der Waals surface area contributed by atoms with Gasteiger partial charge < -0.3 is 4.74 Å². The van der Waals surface area contributed by atoms with Crippen LogP contribution in [0.25, 0.3) is 0 Å². The molecule has 2 rings (SSSR count).